The van der Waals surface area contributed by atoms with E-state index >= 15 is 0 Å². The van der Waals surface area contributed by atoms with Gasteiger partial charge in [-0.25, -0.2) is 0 Å². The lowest BCUT2D eigenvalue weighted by atomic mass is 10.1. The fraction of sp³-hybridized carbons (Fsp3) is 0.571. The van der Waals surface area contributed by atoms with Crippen LogP contribution in [0, 0.1) is 0 Å². The third kappa shape index (κ3) is 5.38. The number of hydrogen-bond donors (Lipinski definition) is 2. The van der Waals surface area contributed by atoms with Gasteiger partial charge in [0.25, 0.3) is 0 Å². The van der Waals surface area contributed by atoms with Gasteiger partial charge in [-0.2, -0.15) is 13.2 Å². The number of rotatable bonds is 8. The van der Waals surface area contributed by atoms with E-state index in [1.807, 2.05) is 6.92 Å². The van der Waals surface area contributed by atoms with Crippen molar-refractivity contribution in [2.45, 2.75) is 32.5 Å². The second kappa shape index (κ2) is 8.11. The first-order chi connectivity index (χ1) is 9.49. The molecule has 0 saturated heterocycles. The Labute approximate surface area is 116 Å². The molecule has 1 aromatic carbocycles. The van der Waals surface area contributed by atoms with E-state index in [0.29, 0.717) is 31.5 Å². The minimum Gasteiger partial charge on any atom is -0.493 e. The molecular weight excluding hydrogens is 271 g/mol. The van der Waals surface area contributed by atoms with Crippen LogP contribution < -0.4 is 10.1 Å². The quantitative estimate of drug-likeness (QED) is 0.724. The van der Waals surface area contributed by atoms with E-state index in [0.717, 1.165) is 6.07 Å². The molecule has 0 bridgehead atoms. The van der Waals surface area contributed by atoms with E-state index in [9.17, 15) is 13.2 Å². The average molecular weight is 291 g/mol. The molecule has 0 radical (unpaired) electrons. The topological polar surface area (TPSA) is 41.5 Å². The van der Waals surface area contributed by atoms with Crippen LogP contribution in [0.25, 0.3) is 0 Å². The zero-order valence-corrected chi connectivity index (χ0v) is 11.5. The second-order valence-electron chi connectivity index (χ2n) is 4.39. The van der Waals surface area contributed by atoms with Gasteiger partial charge in [-0.1, -0.05) is 13.0 Å². The summed E-state index contributed by atoms with van der Waals surface area (Å²) in [7, 11) is 0. The van der Waals surface area contributed by atoms with E-state index in [-0.39, 0.29) is 19.0 Å². The van der Waals surface area contributed by atoms with Crippen LogP contribution in [0.15, 0.2) is 18.2 Å². The van der Waals surface area contributed by atoms with Gasteiger partial charge in [0.15, 0.2) is 0 Å². The maximum atomic E-state index is 13.0. The maximum absolute atomic E-state index is 13.0. The van der Waals surface area contributed by atoms with E-state index in [1.54, 1.807) is 6.07 Å². The number of halogens is 3. The first kappa shape index (κ1) is 16.8. The number of nitrogens with one attached hydrogen (secondary N) is 1. The molecule has 0 aliphatic rings. The average Bonchev–Trinajstić information content (AvgIpc) is 2.41. The van der Waals surface area contributed by atoms with Crippen molar-refractivity contribution in [1.82, 2.24) is 5.32 Å². The molecule has 0 atom stereocenters. The summed E-state index contributed by atoms with van der Waals surface area (Å²) in [4.78, 5) is 0. The summed E-state index contributed by atoms with van der Waals surface area (Å²) in [6.45, 7) is 3.15. The third-order valence-electron chi connectivity index (χ3n) is 2.74. The van der Waals surface area contributed by atoms with E-state index in [2.05, 4.69) is 5.32 Å². The van der Waals surface area contributed by atoms with Crippen molar-refractivity contribution in [3.63, 3.8) is 0 Å². The predicted molar refractivity (Wildman–Crippen MR) is 70.6 cm³/mol. The number of aliphatic hydroxyl groups excluding tert-OH is 1. The number of ether oxygens (including phenoxy) is 1. The Bertz CT molecular complexity index is 408. The lowest BCUT2D eigenvalue weighted by Crippen LogP contribution is -2.14. The van der Waals surface area contributed by atoms with Crippen molar-refractivity contribution in [2.24, 2.45) is 0 Å². The fourth-order valence-electron chi connectivity index (χ4n) is 1.70. The van der Waals surface area contributed by atoms with Crippen molar-refractivity contribution >= 4 is 0 Å². The standard InChI is InChI=1S/C14H20F3NO2/c1-2-18-10-11-5-6-13(20-8-4-3-7-19)12(9-11)14(15,16)17/h5-6,9,18-19H,2-4,7-8,10H2,1H3. The lowest BCUT2D eigenvalue weighted by Gasteiger charge is -2.15. The molecular formula is C14H20F3NO2. The van der Waals surface area contributed by atoms with Crippen molar-refractivity contribution in [1.29, 1.82) is 0 Å². The third-order valence-corrected chi connectivity index (χ3v) is 2.74. The first-order valence-corrected chi connectivity index (χ1v) is 6.63. The fourth-order valence-corrected chi connectivity index (χ4v) is 1.70. The number of aliphatic hydroxyl groups is 1. The summed E-state index contributed by atoms with van der Waals surface area (Å²) >= 11 is 0. The lowest BCUT2D eigenvalue weighted by molar-refractivity contribution is -0.139. The highest BCUT2D eigenvalue weighted by Crippen LogP contribution is 2.36. The molecule has 1 rings (SSSR count). The summed E-state index contributed by atoms with van der Waals surface area (Å²) in [6, 6.07) is 4.09. The van der Waals surface area contributed by atoms with E-state index in [4.69, 9.17) is 9.84 Å². The molecule has 114 valence electrons. The van der Waals surface area contributed by atoms with Crippen LogP contribution in [0.3, 0.4) is 0 Å². The molecule has 6 heteroatoms. The van der Waals surface area contributed by atoms with E-state index in [1.165, 1.54) is 6.07 Å². The summed E-state index contributed by atoms with van der Waals surface area (Å²) in [5.74, 6) is -0.157. The minimum absolute atomic E-state index is 0.0110. The van der Waals surface area contributed by atoms with Gasteiger partial charge in [0, 0.05) is 13.2 Å². The SMILES string of the molecule is CCNCc1ccc(OCCCCO)c(C(F)(F)F)c1. The summed E-state index contributed by atoms with van der Waals surface area (Å²) in [5, 5.41) is 11.6. The monoisotopic (exact) mass is 291 g/mol. The van der Waals surface area contributed by atoms with Crippen LogP contribution in [-0.2, 0) is 12.7 Å². The van der Waals surface area contributed by atoms with E-state index < -0.39 is 11.7 Å². The molecule has 0 aliphatic heterocycles. The van der Waals surface area contributed by atoms with Gasteiger partial charge in [-0.3, -0.25) is 0 Å². The van der Waals surface area contributed by atoms with Gasteiger partial charge in [0.1, 0.15) is 5.75 Å². The summed E-state index contributed by atoms with van der Waals surface area (Å²) in [6.07, 6.45) is -3.40. The van der Waals surface area contributed by atoms with Crippen molar-refractivity contribution in [2.75, 3.05) is 19.8 Å². The van der Waals surface area contributed by atoms with Crippen molar-refractivity contribution < 1.29 is 23.0 Å². The van der Waals surface area contributed by atoms with Crippen molar-refractivity contribution in [3.8, 4) is 5.75 Å². The molecule has 1 aromatic rings. The van der Waals surface area contributed by atoms with Gasteiger partial charge >= 0.3 is 6.18 Å². The first-order valence-electron chi connectivity index (χ1n) is 6.63. The Kier molecular flexibility index (Phi) is 6.81. The van der Waals surface area contributed by atoms with Crippen LogP contribution in [0.1, 0.15) is 30.9 Å². The minimum atomic E-state index is -4.44. The number of hydrogen-bond acceptors (Lipinski definition) is 3. The zero-order chi connectivity index (χ0) is 15.0. The maximum Gasteiger partial charge on any atom is 0.419 e. The molecule has 0 amide bonds. The number of unbranched alkanes of at least 4 members (excludes halogenated alkanes) is 1. The summed E-state index contributed by atoms with van der Waals surface area (Å²) in [5.41, 5.74) is -0.182. The van der Waals surface area contributed by atoms with Crippen LogP contribution >= 0.6 is 0 Å². The van der Waals surface area contributed by atoms with Crippen LogP contribution in [0.4, 0.5) is 13.2 Å². The molecule has 0 aromatic heterocycles. The molecule has 2 N–H and O–H groups in total. The Hall–Kier alpha value is -1.27. The Balaban J connectivity index is 2.81. The van der Waals surface area contributed by atoms with Crippen LogP contribution in [0.5, 0.6) is 5.75 Å². The van der Waals surface area contributed by atoms with Gasteiger partial charge < -0.3 is 15.2 Å². The highest BCUT2D eigenvalue weighted by Gasteiger charge is 2.34. The van der Waals surface area contributed by atoms with Crippen LogP contribution in [-0.4, -0.2) is 24.9 Å². The molecule has 20 heavy (non-hydrogen) atoms. The van der Waals surface area contributed by atoms with Gasteiger partial charge in [-0.05, 0) is 37.1 Å². The zero-order valence-electron chi connectivity index (χ0n) is 11.5. The van der Waals surface area contributed by atoms with Crippen LogP contribution in [0.2, 0.25) is 0 Å². The van der Waals surface area contributed by atoms with Gasteiger partial charge in [0.2, 0.25) is 0 Å². The molecule has 0 spiro atoms. The normalized spacial score (nSPS) is 11.7. The van der Waals surface area contributed by atoms with Crippen molar-refractivity contribution in [3.05, 3.63) is 29.3 Å². The number of benzene rings is 1. The predicted octanol–water partition coefficient (Wildman–Crippen LogP) is 2.97. The Morgan fingerprint density at radius 3 is 2.60 bits per heavy atom. The molecule has 0 unspecified atom stereocenters. The van der Waals surface area contributed by atoms with Gasteiger partial charge in [0.05, 0.1) is 12.2 Å². The Morgan fingerprint density at radius 1 is 1.25 bits per heavy atom. The highest BCUT2D eigenvalue weighted by atomic mass is 19.4. The molecule has 0 saturated carbocycles. The highest BCUT2D eigenvalue weighted by molar-refractivity contribution is 5.39. The Morgan fingerprint density at radius 2 is 2.00 bits per heavy atom. The number of alkyl halides is 3. The summed E-state index contributed by atoms with van der Waals surface area (Å²) < 4.78 is 44.1. The second-order valence-corrected chi connectivity index (χ2v) is 4.39. The van der Waals surface area contributed by atoms with Gasteiger partial charge in [-0.15, -0.1) is 0 Å². The smallest absolute Gasteiger partial charge is 0.419 e. The molecule has 3 nitrogen and oxygen atoms in total. The molecule has 0 heterocycles. The largest absolute Gasteiger partial charge is 0.493 e. The molecule has 0 aliphatic carbocycles. The molecule has 0 fully saturated rings.